The lowest BCUT2D eigenvalue weighted by Crippen LogP contribution is -2.17. The van der Waals surface area contributed by atoms with Crippen molar-refractivity contribution in [2.24, 2.45) is 0 Å². The summed E-state index contributed by atoms with van der Waals surface area (Å²) in [5.41, 5.74) is 0.841. The number of pyridine rings is 1. The number of nitrogens with zero attached hydrogens (tertiary/aromatic N) is 1. The first kappa shape index (κ1) is 12.3. The molecular weight excluding hydrogens is 250 g/mol. The molecule has 0 saturated carbocycles. The molecule has 0 saturated heterocycles. The lowest BCUT2D eigenvalue weighted by Gasteiger charge is -2.10. The lowest BCUT2D eigenvalue weighted by molar-refractivity contribution is -0.274. The van der Waals surface area contributed by atoms with Crippen molar-refractivity contribution < 1.29 is 22.3 Å². The largest absolute Gasteiger partial charge is 0.573 e. The topological polar surface area (TPSA) is 22.1 Å². The quantitative estimate of drug-likeness (QED) is 0.603. The van der Waals surface area contributed by atoms with Crippen molar-refractivity contribution in [2.45, 2.75) is 6.36 Å². The van der Waals surface area contributed by atoms with Crippen molar-refractivity contribution in [2.75, 3.05) is 0 Å². The van der Waals surface area contributed by atoms with Crippen LogP contribution >= 0.6 is 0 Å². The molecule has 0 radical (unpaired) electrons. The molecule has 94 valence electrons. The second-order valence-electron chi connectivity index (χ2n) is 3.44. The van der Waals surface area contributed by atoms with E-state index in [1.807, 2.05) is 0 Å². The van der Waals surface area contributed by atoms with E-state index in [4.69, 9.17) is 0 Å². The zero-order valence-corrected chi connectivity index (χ0v) is 8.91. The molecule has 0 spiro atoms. The minimum absolute atomic E-state index is 0.350. The van der Waals surface area contributed by atoms with E-state index in [9.17, 15) is 17.6 Å². The second-order valence-corrected chi connectivity index (χ2v) is 3.44. The van der Waals surface area contributed by atoms with Gasteiger partial charge in [0.25, 0.3) is 0 Å². The van der Waals surface area contributed by atoms with Crippen LogP contribution in [-0.4, -0.2) is 11.3 Å². The molecule has 0 bridgehead atoms. The maximum Gasteiger partial charge on any atom is 0.573 e. The van der Waals surface area contributed by atoms with E-state index >= 15 is 0 Å². The SMILES string of the molecule is Fc1cc(-c2cccc(OC(F)(F)F)c2)ccn1. The van der Waals surface area contributed by atoms with Gasteiger partial charge in [-0.25, -0.2) is 4.98 Å². The van der Waals surface area contributed by atoms with Gasteiger partial charge in [-0.1, -0.05) is 12.1 Å². The van der Waals surface area contributed by atoms with E-state index in [1.54, 1.807) is 6.07 Å². The average molecular weight is 257 g/mol. The Labute approximate surface area is 99.8 Å². The Kier molecular flexibility index (Phi) is 3.18. The van der Waals surface area contributed by atoms with Crippen LogP contribution in [0.5, 0.6) is 5.75 Å². The number of hydrogen-bond donors (Lipinski definition) is 0. The van der Waals surface area contributed by atoms with E-state index in [1.165, 1.54) is 30.5 Å². The van der Waals surface area contributed by atoms with Crippen LogP contribution in [0.2, 0.25) is 0 Å². The molecule has 1 aromatic heterocycles. The Hall–Kier alpha value is -2.11. The van der Waals surface area contributed by atoms with Crippen LogP contribution in [0.15, 0.2) is 42.6 Å². The number of rotatable bonds is 2. The highest BCUT2D eigenvalue weighted by atomic mass is 19.4. The molecular formula is C12H7F4NO. The molecule has 0 fully saturated rings. The van der Waals surface area contributed by atoms with Gasteiger partial charge in [-0.05, 0) is 29.3 Å². The molecule has 0 unspecified atom stereocenters. The Bertz CT molecular complexity index is 554. The third-order valence-electron chi connectivity index (χ3n) is 2.13. The molecule has 0 atom stereocenters. The Morgan fingerprint density at radius 1 is 1.00 bits per heavy atom. The predicted octanol–water partition coefficient (Wildman–Crippen LogP) is 3.79. The lowest BCUT2D eigenvalue weighted by atomic mass is 10.1. The summed E-state index contributed by atoms with van der Waals surface area (Å²) < 4.78 is 52.8. The average Bonchev–Trinajstić information content (AvgIpc) is 2.27. The minimum atomic E-state index is -4.75. The third-order valence-corrected chi connectivity index (χ3v) is 2.13. The zero-order valence-electron chi connectivity index (χ0n) is 8.91. The second kappa shape index (κ2) is 4.64. The fourth-order valence-corrected chi connectivity index (χ4v) is 1.45. The van der Waals surface area contributed by atoms with E-state index in [-0.39, 0.29) is 5.75 Å². The number of benzene rings is 1. The first-order valence-corrected chi connectivity index (χ1v) is 4.92. The van der Waals surface area contributed by atoms with Crippen molar-refractivity contribution >= 4 is 0 Å². The highest BCUT2D eigenvalue weighted by molar-refractivity contribution is 5.64. The summed E-state index contributed by atoms with van der Waals surface area (Å²) in [5, 5.41) is 0. The van der Waals surface area contributed by atoms with Gasteiger partial charge in [0.2, 0.25) is 5.95 Å². The molecule has 2 aromatic rings. The highest BCUT2D eigenvalue weighted by Crippen LogP contribution is 2.27. The highest BCUT2D eigenvalue weighted by Gasteiger charge is 2.31. The molecule has 0 aliphatic heterocycles. The van der Waals surface area contributed by atoms with Crippen molar-refractivity contribution in [1.29, 1.82) is 0 Å². The number of halogens is 4. The Balaban J connectivity index is 2.33. The molecule has 1 aromatic carbocycles. The van der Waals surface area contributed by atoms with Gasteiger partial charge in [-0.2, -0.15) is 4.39 Å². The van der Waals surface area contributed by atoms with Crippen molar-refractivity contribution in [3.05, 3.63) is 48.5 Å². The third kappa shape index (κ3) is 3.19. The Morgan fingerprint density at radius 2 is 1.72 bits per heavy atom. The van der Waals surface area contributed by atoms with Gasteiger partial charge in [0.1, 0.15) is 5.75 Å². The molecule has 6 heteroatoms. The van der Waals surface area contributed by atoms with E-state index in [2.05, 4.69) is 9.72 Å². The maximum absolute atomic E-state index is 12.9. The summed E-state index contributed by atoms with van der Waals surface area (Å²) in [6, 6.07) is 7.94. The molecule has 0 N–H and O–H groups in total. The van der Waals surface area contributed by atoms with Crippen LogP contribution in [0.25, 0.3) is 11.1 Å². The summed E-state index contributed by atoms with van der Waals surface area (Å²) in [6.45, 7) is 0. The normalized spacial score (nSPS) is 11.3. The fourth-order valence-electron chi connectivity index (χ4n) is 1.45. The molecule has 1 heterocycles. The number of hydrogen-bond acceptors (Lipinski definition) is 2. The van der Waals surface area contributed by atoms with Gasteiger partial charge in [0, 0.05) is 12.3 Å². The number of aromatic nitrogens is 1. The van der Waals surface area contributed by atoms with Gasteiger partial charge < -0.3 is 4.74 Å². The molecule has 18 heavy (non-hydrogen) atoms. The number of ether oxygens (including phenoxy) is 1. The zero-order chi connectivity index (χ0) is 13.2. The summed E-state index contributed by atoms with van der Waals surface area (Å²) in [7, 11) is 0. The predicted molar refractivity (Wildman–Crippen MR) is 56.3 cm³/mol. The summed E-state index contributed by atoms with van der Waals surface area (Å²) >= 11 is 0. The summed E-state index contributed by atoms with van der Waals surface area (Å²) in [4.78, 5) is 3.37. The first-order valence-electron chi connectivity index (χ1n) is 4.92. The molecule has 0 amide bonds. The van der Waals surface area contributed by atoms with Crippen LogP contribution in [0, 0.1) is 5.95 Å². The standard InChI is InChI=1S/C12H7F4NO/c13-11-7-9(4-5-17-11)8-2-1-3-10(6-8)18-12(14,15)16/h1-7H. The monoisotopic (exact) mass is 257 g/mol. The molecule has 0 aliphatic carbocycles. The number of alkyl halides is 3. The van der Waals surface area contributed by atoms with Crippen LogP contribution in [0.4, 0.5) is 17.6 Å². The van der Waals surface area contributed by atoms with Crippen molar-refractivity contribution in [3.8, 4) is 16.9 Å². The molecule has 2 nitrogen and oxygen atoms in total. The maximum atomic E-state index is 12.9. The van der Waals surface area contributed by atoms with Gasteiger partial charge in [-0.15, -0.1) is 13.2 Å². The fraction of sp³-hybridized carbons (Fsp3) is 0.0833. The van der Waals surface area contributed by atoms with Crippen LogP contribution in [0.3, 0.4) is 0 Å². The van der Waals surface area contributed by atoms with Crippen LogP contribution in [-0.2, 0) is 0 Å². The summed E-state index contributed by atoms with van der Waals surface area (Å²) in [6.07, 6.45) is -3.51. The minimum Gasteiger partial charge on any atom is -0.406 e. The van der Waals surface area contributed by atoms with E-state index in [0.29, 0.717) is 11.1 Å². The van der Waals surface area contributed by atoms with E-state index < -0.39 is 12.3 Å². The van der Waals surface area contributed by atoms with Crippen LogP contribution < -0.4 is 4.74 Å². The molecule has 2 rings (SSSR count). The molecule has 0 aliphatic rings. The van der Waals surface area contributed by atoms with Crippen molar-refractivity contribution in [3.63, 3.8) is 0 Å². The smallest absolute Gasteiger partial charge is 0.406 e. The van der Waals surface area contributed by atoms with Gasteiger partial charge in [-0.3, -0.25) is 0 Å². The van der Waals surface area contributed by atoms with Gasteiger partial charge in [0.15, 0.2) is 0 Å². The summed E-state index contributed by atoms with van der Waals surface area (Å²) in [5.74, 6) is -1.05. The van der Waals surface area contributed by atoms with Crippen LogP contribution in [0.1, 0.15) is 0 Å². The Morgan fingerprint density at radius 3 is 2.39 bits per heavy atom. The van der Waals surface area contributed by atoms with E-state index in [0.717, 1.165) is 6.07 Å². The van der Waals surface area contributed by atoms with Gasteiger partial charge >= 0.3 is 6.36 Å². The first-order chi connectivity index (χ1) is 8.44. The van der Waals surface area contributed by atoms with Crippen molar-refractivity contribution in [1.82, 2.24) is 4.98 Å². The van der Waals surface area contributed by atoms with Gasteiger partial charge in [0.05, 0.1) is 0 Å².